The summed E-state index contributed by atoms with van der Waals surface area (Å²) in [6, 6.07) is 14.1. The summed E-state index contributed by atoms with van der Waals surface area (Å²) in [7, 11) is 1.92. The molecule has 0 saturated heterocycles. The molecule has 0 aliphatic carbocycles. The van der Waals surface area contributed by atoms with Gasteiger partial charge in [-0.1, -0.05) is 29.8 Å². The second kappa shape index (κ2) is 7.03. The van der Waals surface area contributed by atoms with Gasteiger partial charge in [-0.3, -0.25) is 0 Å². The largest absolute Gasteiger partial charge is 1.00 e. The number of halogens is 3. The van der Waals surface area contributed by atoms with Gasteiger partial charge >= 0.3 is 5.82 Å². The summed E-state index contributed by atoms with van der Waals surface area (Å²) in [6.45, 7) is 0.520. The predicted octanol–water partition coefficient (Wildman–Crippen LogP) is 0.219. The van der Waals surface area contributed by atoms with E-state index in [0.717, 1.165) is 17.0 Å². The van der Waals surface area contributed by atoms with Crippen LogP contribution in [0.4, 0.5) is 4.39 Å². The minimum Gasteiger partial charge on any atom is -1.00 e. The molecule has 6 heteroatoms. The van der Waals surface area contributed by atoms with Crippen molar-refractivity contribution in [1.29, 1.82) is 0 Å². The molecule has 0 N–H and O–H groups in total. The van der Waals surface area contributed by atoms with Gasteiger partial charge in [-0.25, -0.2) is 8.96 Å². The highest BCUT2D eigenvalue weighted by Gasteiger charge is 2.16. The minimum absolute atomic E-state index is 0. The van der Waals surface area contributed by atoms with Gasteiger partial charge in [0.15, 0.2) is 0 Å². The Morgan fingerprint density at radius 2 is 1.95 bits per heavy atom. The van der Waals surface area contributed by atoms with Crippen molar-refractivity contribution in [2.45, 2.75) is 6.54 Å². The van der Waals surface area contributed by atoms with E-state index in [2.05, 4.69) is 5.10 Å². The number of rotatable bonds is 3. The average molecular weight is 383 g/mol. The topological polar surface area (TPSA) is 21.7 Å². The summed E-state index contributed by atoms with van der Waals surface area (Å²) in [4.78, 5) is 0. The Morgan fingerprint density at radius 3 is 2.68 bits per heavy atom. The van der Waals surface area contributed by atoms with E-state index in [0.29, 0.717) is 11.6 Å². The molecule has 3 nitrogen and oxygen atoms in total. The summed E-state index contributed by atoms with van der Waals surface area (Å²) < 4.78 is 16.9. The first kappa shape index (κ1) is 16.6. The highest BCUT2D eigenvalue weighted by molar-refractivity contribution is 6.30. The molecule has 3 aromatic rings. The number of nitrogens with zero attached hydrogens (tertiary/aromatic N) is 3. The summed E-state index contributed by atoms with van der Waals surface area (Å²) in [5, 5.41) is 5.22. The van der Waals surface area contributed by atoms with Gasteiger partial charge in [-0.2, -0.15) is 0 Å². The lowest BCUT2D eigenvalue weighted by Gasteiger charge is -1.95. The molecule has 22 heavy (non-hydrogen) atoms. The van der Waals surface area contributed by atoms with E-state index in [1.807, 2.05) is 48.3 Å². The van der Waals surface area contributed by atoms with Gasteiger partial charge in [0.2, 0.25) is 6.33 Å². The van der Waals surface area contributed by atoms with Gasteiger partial charge in [0, 0.05) is 10.1 Å². The van der Waals surface area contributed by atoms with Crippen LogP contribution in [0.3, 0.4) is 0 Å². The van der Waals surface area contributed by atoms with Crippen molar-refractivity contribution in [3.63, 3.8) is 0 Å². The van der Waals surface area contributed by atoms with E-state index < -0.39 is 0 Å². The lowest BCUT2D eigenvalue weighted by atomic mass is 10.2. The Bertz CT molecular complexity index is 789. The first-order valence-corrected chi connectivity index (χ1v) is 6.93. The number of hydrogen-bond acceptors (Lipinski definition) is 1. The van der Waals surface area contributed by atoms with Crippen molar-refractivity contribution in [2.75, 3.05) is 0 Å². The lowest BCUT2D eigenvalue weighted by Crippen LogP contribution is -3.00. The van der Waals surface area contributed by atoms with Crippen LogP contribution < -0.4 is 21.5 Å². The second-order valence-corrected chi connectivity index (χ2v) is 5.32. The molecule has 0 aliphatic rings. The molecular weight excluding hydrogens is 369 g/mol. The van der Waals surface area contributed by atoms with Crippen molar-refractivity contribution >= 4 is 11.6 Å². The molecule has 0 spiro atoms. The first-order valence-electron chi connectivity index (χ1n) is 6.55. The molecular formula is C16H14BrClFN3. The van der Waals surface area contributed by atoms with Gasteiger partial charge in [0.1, 0.15) is 12.4 Å². The molecule has 3 rings (SSSR count). The fourth-order valence-electron chi connectivity index (χ4n) is 2.26. The van der Waals surface area contributed by atoms with Gasteiger partial charge < -0.3 is 17.0 Å². The van der Waals surface area contributed by atoms with Crippen molar-refractivity contribution < 1.29 is 25.9 Å². The lowest BCUT2D eigenvalue weighted by molar-refractivity contribution is -0.661. The van der Waals surface area contributed by atoms with Crippen LogP contribution in [0.15, 0.2) is 54.9 Å². The molecule has 1 aromatic heterocycles. The number of aromatic nitrogens is 3. The van der Waals surface area contributed by atoms with Crippen LogP contribution in [0.25, 0.3) is 11.4 Å². The van der Waals surface area contributed by atoms with E-state index in [-0.39, 0.29) is 22.8 Å². The van der Waals surface area contributed by atoms with Crippen LogP contribution in [0.2, 0.25) is 5.02 Å². The summed E-state index contributed by atoms with van der Waals surface area (Å²) >= 11 is 6.02. The molecule has 1 heterocycles. The number of aryl methyl sites for hydroxylation is 1. The fraction of sp³-hybridized carbons (Fsp3) is 0.125. The van der Waals surface area contributed by atoms with Gasteiger partial charge in [-0.05, 0) is 35.9 Å². The summed E-state index contributed by atoms with van der Waals surface area (Å²) in [5.74, 6) is 0.577. The number of hydrogen-bond donors (Lipinski definition) is 0. The maximum atomic E-state index is 13.2. The monoisotopic (exact) mass is 381 g/mol. The zero-order valence-electron chi connectivity index (χ0n) is 11.9. The van der Waals surface area contributed by atoms with Crippen LogP contribution in [-0.2, 0) is 13.6 Å². The Hall–Kier alpha value is -1.72. The molecule has 114 valence electrons. The van der Waals surface area contributed by atoms with Gasteiger partial charge in [0.05, 0.1) is 12.6 Å². The third-order valence-electron chi connectivity index (χ3n) is 3.18. The standard InChI is InChI=1S/C16H14ClFN3.BrH/c1-20-11-21(10-12-4-2-7-15(18)8-12)19-16(20)13-5-3-6-14(17)9-13;/h2-9,11H,10H2,1H3;1H/q+1;/p-1. The van der Waals surface area contributed by atoms with E-state index in [1.165, 1.54) is 12.1 Å². The van der Waals surface area contributed by atoms with Crippen LogP contribution in [0.1, 0.15) is 5.56 Å². The molecule has 0 amide bonds. The van der Waals surface area contributed by atoms with Crippen molar-refractivity contribution in [3.8, 4) is 11.4 Å². The average Bonchev–Trinajstić information content (AvgIpc) is 2.79. The highest BCUT2D eigenvalue weighted by Crippen LogP contribution is 2.18. The van der Waals surface area contributed by atoms with E-state index >= 15 is 0 Å². The SMILES string of the molecule is C[n+]1cn(Cc2cccc(F)c2)nc1-c1cccc(Cl)c1.[Br-]. The van der Waals surface area contributed by atoms with E-state index in [4.69, 9.17) is 11.6 Å². The zero-order valence-corrected chi connectivity index (χ0v) is 14.2. The number of benzene rings is 2. The molecule has 2 aromatic carbocycles. The maximum Gasteiger partial charge on any atom is 0.308 e. The Morgan fingerprint density at radius 1 is 1.18 bits per heavy atom. The molecule has 0 atom stereocenters. The van der Waals surface area contributed by atoms with Crippen LogP contribution >= 0.6 is 11.6 Å². The van der Waals surface area contributed by atoms with E-state index in [1.54, 1.807) is 10.7 Å². The Labute approximate surface area is 143 Å². The highest BCUT2D eigenvalue weighted by atomic mass is 79.9. The summed E-state index contributed by atoms with van der Waals surface area (Å²) in [5.41, 5.74) is 1.82. The smallest absolute Gasteiger partial charge is 0.308 e. The molecule has 0 fully saturated rings. The second-order valence-electron chi connectivity index (χ2n) is 4.89. The van der Waals surface area contributed by atoms with Crippen LogP contribution in [0.5, 0.6) is 0 Å². The van der Waals surface area contributed by atoms with Crippen molar-refractivity contribution in [1.82, 2.24) is 9.78 Å². The maximum absolute atomic E-state index is 13.2. The predicted molar refractivity (Wildman–Crippen MR) is 79.4 cm³/mol. The third-order valence-corrected chi connectivity index (χ3v) is 3.42. The molecule has 0 unspecified atom stereocenters. The normalized spacial score (nSPS) is 10.3. The van der Waals surface area contributed by atoms with Crippen molar-refractivity contribution in [2.24, 2.45) is 7.05 Å². The Kier molecular flexibility index (Phi) is 5.32. The zero-order chi connectivity index (χ0) is 14.8. The quantitative estimate of drug-likeness (QED) is 0.594. The van der Waals surface area contributed by atoms with Gasteiger partial charge in [0.25, 0.3) is 0 Å². The molecule has 0 aliphatic heterocycles. The molecule has 0 saturated carbocycles. The fourth-order valence-corrected chi connectivity index (χ4v) is 2.45. The first-order chi connectivity index (χ1) is 10.1. The minimum atomic E-state index is -0.237. The van der Waals surface area contributed by atoms with Crippen molar-refractivity contribution in [3.05, 3.63) is 71.3 Å². The molecule has 0 radical (unpaired) electrons. The summed E-state index contributed by atoms with van der Waals surface area (Å²) in [6.07, 6.45) is 1.88. The Balaban J connectivity index is 0.00000176. The van der Waals surface area contributed by atoms with Crippen LogP contribution in [-0.4, -0.2) is 9.78 Å². The molecule has 0 bridgehead atoms. The van der Waals surface area contributed by atoms with E-state index in [9.17, 15) is 4.39 Å². The van der Waals surface area contributed by atoms with Gasteiger partial charge in [-0.15, -0.1) is 4.68 Å². The third kappa shape index (κ3) is 3.72. The van der Waals surface area contributed by atoms with Crippen LogP contribution in [0, 0.1) is 5.82 Å².